The van der Waals surface area contributed by atoms with Crippen molar-refractivity contribution in [2.45, 2.75) is 33.2 Å². The van der Waals surface area contributed by atoms with E-state index in [1.54, 1.807) is 30.3 Å². The van der Waals surface area contributed by atoms with E-state index in [0.717, 1.165) is 22.2 Å². The van der Waals surface area contributed by atoms with Gasteiger partial charge in [0.05, 0.1) is 28.4 Å². The molecule has 1 aliphatic rings. The number of carbonyl (C=O) groups is 2. The number of hydrogen-bond donors (Lipinski definition) is 1. The Morgan fingerprint density at radius 1 is 1.08 bits per heavy atom. The standard InChI is InChI=1S/C29H25ClN2O4S/c1-4-13-36-20-10-7-18(8-11-20)25-24(26(33)21-14-16(2)5-6-17(21)3)27(34)28(35)32(25)29-31-22-12-9-19(30)15-23(22)37-29/h5-12,14-15,25,33H,4,13H2,1-3H3/b26-24+. The number of aliphatic hydroxyl groups is 1. The molecule has 37 heavy (non-hydrogen) atoms. The number of halogens is 1. The Hall–Kier alpha value is -3.68. The second kappa shape index (κ2) is 10.00. The summed E-state index contributed by atoms with van der Waals surface area (Å²) < 4.78 is 6.51. The topological polar surface area (TPSA) is 79.7 Å². The second-order valence-electron chi connectivity index (χ2n) is 9.01. The molecule has 1 atom stereocenters. The number of benzene rings is 3. The summed E-state index contributed by atoms with van der Waals surface area (Å²) in [5.74, 6) is -1.02. The fourth-order valence-electron chi connectivity index (χ4n) is 4.44. The van der Waals surface area contributed by atoms with E-state index in [2.05, 4.69) is 4.98 Å². The third-order valence-corrected chi connectivity index (χ3v) is 7.56. The lowest BCUT2D eigenvalue weighted by molar-refractivity contribution is -0.132. The molecule has 0 aliphatic carbocycles. The van der Waals surface area contributed by atoms with Crippen LogP contribution in [0.15, 0.2) is 66.2 Å². The van der Waals surface area contributed by atoms with E-state index >= 15 is 0 Å². The van der Waals surface area contributed by atoms with Crippen molar-refractivity contribution in [1.29, 1.82) is 0 Å². The summed E-state index contributed by atoms with van der Waals surface area (Å²) in [4.78, 5) is 33.0. The molecule has 3 aromatic carbocycles. The quantitative estimate of drug-likeness (QED) is 0.164. The minimum atomic E-state index is -0.865. The molecule has 0 bridgehead atoms. The summed E-state index contributed by atoms with van der Waals surface area (Å²) in [6.07, 6.45) is 0.874. The number of aryl methyl sites for hydroxylation is 2. The number of anilines is 1. The number of aliphatic hydroxyl groups excluding tert-OH is 1. The zero-order valence-electron chi connectivity index (χ0n) is 20.6. The van der Waals surface area contributed by atoms with Crippen LogP contribution in [0.1, 0.15) is 41.6 Å². The zero-order valence-corrected chi connectivity index (χ0v) is 22.2. The maximum Gasteiger partial charge on any atom is 0.301 e. The third-order valence-electron chi connectivity index (χ3n) is 6.31. The molecule has 5 rings (SSSR count). The number of carbonyl (C=O) groups excluding carboxylic acids is 2. The van der Waals surface area contributed by atoms with Gasteiger partial charge in [-0.25, -0.2) is 4.98 Å². The lowest BCUT2D eigenvalue weighted by Gasteiger charge is -2.23. The van der Waals surface area contributed by atoms with Gasteiger partial charge >= 0.3 is 5.91 Å². The minimum Gasteiger partial charge on any atom is -0.507 e. The lowest BCUT2D eigenvalue weighted by atomic mass is 9.93. The van der Waals surface area contributed by atoms with Gasteiger partial charge in [-0.2, -0.15) is 0 Å². The van der Waals surface area contributed by atoms with Gasteiger partial charge in [0.25, 0.3) is 5.78 Å². The third kappa shape index (κ3) is 4.61. The number of rotatable bonds is 6. The van der Waals surface area contributed by atoms with E-state index in [9.17, 15) is 14.7 Å². The lowest BCUT2D eigenvalue weighted by Crippen LogP contribution is -2.29. The maximum absolute atomic E-state index is 13.5. The van der Waals surface area contributed by atoms with Gasteiger partial charge in [0.15, 0.2) is 5.13 Å². The molecule has 1 N–H and O–H groups in total. The highest BCUT2D eigenvalue weighted by atomic mass is 35.5. The molecular weight excluding hydrogens is 508 g/mol. The second-order valence-corrected chi connectivity index (χ2v) is 10.5. The Bertz CT molecular complexity index is 1560. The average molecular weight is 533 g/mol. The van der Waals surface area contributed by atoms with E-state index in [4.69, 9.17) is 16.3 Å². The molecule has 1 saturated heterocycles. The molecule has 1 aromatic heterocycles. The SMILES string of the molecule is CCCOc1ccc(C2/C(=C(\O)c3cc(C)ccc3C)C(=O)C(=O)N2c2nc3ccc(Cl)cc3s2)cc1. The molecule has 8 heteroatoms. The van der Waals surface area contributed by atoms with Gasteiger partial charge < -0.3 is 9.84 Å². The highest BCUT2D eigenvalue weighted by Gasteiger charge is 2.48. The van der Waals surface area contributed by atoms with E-state index < -0.39 is 17.7 Å². The number of ketones is 1. The van der Waals surface area contributed by atoms with Gasteiger partial charge in [-0.05, 0) is 67.8 Å². The number of thiazole rings is 1. The summed E-state index contributed by atoms with van der Waals surface area (Å²) in [5.41, 5.74) is 3.60. The number of hydrogen-bond acceptors (Lipinski definition) is 6. The van der Waals surface area contributed by atoms with Gasteiger partial charge in [-0.3, -0.25) is 14.5 Å². The first-order valence-corrected chi connectivity index (χ1v) is 13.2. The van der Waals surface area contributed by atoms with Crippen LogP contribution in [0.5, 0.6) is 5.75 Å². The molecule has 1 amide bonds. The molecule has 0 radical (unpaired) electrons. The van der Waals surface area contributed by atoms with Crippen molar-refractivity contribution in [1.82, 2.24) is 4.98 Å². The smallest absolute Gasteiger partial charge is 0.301 e. The Kier molecular flexibility index (Phi) is 6.75. The van der Waals surface area contributed by atoms with Crippen molar-refractivity contribution in [2.75, 3.05) is 11.5 Å². The Morgan fingerprint density at radius 2 is 1.84 bits per heavy atom. The van der Waals surface area contributed by atoms with Crippen LogP contribution in [0.3, 0.4) is 0 Å². The number of Topliss-reactive ketones (excluding diaryl/α,β-unsaturated/α-hetero) is 1. The Labute approximate surface area is 223 Å². The Morgan fingerprint density at radius 3 is 2.57 bits per heavy atom. The first kappa shape index (κ1) is 25.0. The minimum absolute atomic E-state index is 0.0261. The van der Waals surface area contributed by atoms with Crippen molar-refractivity contribution in [3.8, 4) is 5.75 Å². The molecule has 1 unspecified atom stereocenters. The van der Waals surface area contributed by atoms with E-state index in [0.29, 0.717) is 39.2 Å². The maximum atomic E-state index is 13.5. The molecule has 0 spiro atoms. The fraction of sp³-hybridized carbons (Fsp3) is 0.207. The molecule has 6 nitrogen and oxygen atoms in total. The predicted molar refractivity (Wildman–Crippen MR) is 148 cm³/mol. The van der Waals surface area contributed by atoms with Crippen LogP contribution in [0, 0.1) is 13.8 Å². The molecule has 1 aliphatic heterocycles. The van der Waals surface area contributed by atoms with Crippen LogP contribution in [-0.2, 0) is 9.59 Å². The van der Waals surface area contributed by atoms with Gasteiger partial charge in [0.1, 0.15) is 11.5 Å². The van der Waals surface area contributed by atoms with Crippen LogP contribution in [0.2, 0.25) is 5.02 Å². The number of aromatic nitrogens is 1. The van der Waals surface area contributed by atoms with Crippen LogP contribution < -0.4 is 9.64 Å². The van der Waals surface area contributed by atoms with Gasteiger partial charge in [0.2, 0.25) is 0 Å². The van der Waals surface area contributed by atoms with Crippen LogP contribution in [0.25, 0.3) is 16.0 Å². The van der Waals surface area contributed by atoms with Crippen molar-refractivity contribution >= 4 is 55.7 Å². The number of fused-ring (bicyclic) bond motifs is 1. The average Bonchev–Trinajstić information content (AvgIpc) is 3.41. The van der Waals surface area contributed by atoms with E-state index in [1.165, 1.54) is 16.2 Å². The van der Waals surface area contributed by atoms with Crippen LogP contribution >= 0.6 is 22.9 Å². The molecule has 188 valence electrons. The summed E-state index contributed by atoms with van der Waals surface area (Å²) >= 11 is 7.44. The first-order valence-electron chi connectivity index (χ1n) is 12.0. The predicted octanol–water partition coefficient (Wildman–Crippen LogP) is 6.98. The number of ether oxygens (including phenoxy) is 1. The van der Waals surface area contributed by atoms with Crippen molar-refractivity contribution in [2.24, 2.45) is 0 Å². The zero-order chi connectivity index (χ0) is 26.3. The highest BCUT2D eigenvalue weighted by Crippen LogP contribution is 2.45. The molecule has 2 heterocycles. The van der Waals surface area contributed by atoms with E-state index in [-0.39, 0.29) is 11.3 Å². The fourth-order valence-corrected chi connectivity index (χ4v) is 5.71. The largest absolute Gasteiger partial charge is 0.507 e. The van der Waals surface area contributed by atoms with Gasteiger partial charge in [-0.15, -0.1) is 0 Å². The Balaban J connectivity index is 1.70. The normalized spacial score (nSPS) is 17.1. The van der Waals surface area contributed by atoms with Gasteiger partial charge in [-0.1, -0.05) is 59.7 Å². The molecular formula is C29H25ClN2O4S. The molecule has 0 saturated carbocycles. The van der Waals surface area contributed by atoms with Crippen molar-refractivity contribution in [3.63, 3.8) is 0 Å². The molecule has 4 aromatic rings. The van der Waals surface area contributed by atoms with Crippen molar-refractivity contribution < 1.29 is 19.4 Å². The summed E-state index contributed by atoms with van der Waals surface area (Å²) in [6, 6.07) is 17.3. The number of nitrogens with zero attached hydrogens (tertiary/aromatic N) is 2. The van der Waals surface area contributed by atoms with Crippen LogP contribution in [0.4, 0.5) is 5.13 Å². The summed E-state index contributed by atoms with van der Waals surface area (Å²) in [7, 11) is 0. The monoisotopic (exact) mass is 532 g/mol. The first-order chi connectivity index (χ1) is 17.8. The van der Waals surface area contributed by atoms with Gasteiger partial charge in [0, 0.05) is 10.6 Å². The number of amides is 1. The van der Waals surface area contributed by atoms with E-state index in [1.807, 2.05) is 51.1 Å². The summed E-state index contributed by atoms with van der Waals surface area (Å²) in [6.45, 7) is 6.38. The summed E-state index contributed by atoms with van der Waals surface area (Å²) in [5, 5.41) is 12.4. The van der Waals surface area contributed by atoms with Crippen LogP contribution in [-0.4, -0.2) is 28.4 Å². The highest BCUT2D eigenvalue weighted by molar-refractivity contribution is 7.22. The van der Waals surface area contributed by atoms with Crippen molar-refractivity contribution in [3.05, 3.63) is 93.5 Å². The molecule has 1 fully saturated rings.